The van der Waals surface area contributed by atoms with Gasteiger partial charge in [0.2, 0.25) is 0 Å². The Morgan fingerprint density at radius 3 is 2.50 bits per heavy atom. The van der Waals surface area contributed by atoms with E-state index in [9.17, 15) is 0 Å². The minimum Gasteiger partial charge on any atom is -0.497 e. The van der Waals surface area contributed by atoms with Crippen molar-refractivity contribution in [2.75, 3.05) is 13.7 Å². The zero-order chi connectivity index (χ0) is 14.4. The van der Waals surface area contributed by atoms with E-state index in [0.29, 0.717) is 17.4 Å². The third kappa shape index (κ3) is 3.75. The second-order valence-electron chi connectivity index (χ2n) is 4.08. The Hall–Kier alpha value is -2.00. The molecule has 2 rings (SSSR count). The molecule has 0 radical (unpaired) electrons. The monoisotopic (exact) mass is 289 g/mol. The van der Waals surface area contributed by atoms with Gasteiger partial charge < -0.3 is 9.47 Å². The third-order valence-electron chi connectivity index (χ3n) is 2.69. The lowest BCUT2D eigenvalue weighted by atomic mass is 10.2. The van der Waals surface area contributed by atoms with Gasteiger partial charge in [0.15, 0.2) is 0 Å². The Bertz CT molecular complexity index is 594. The summed E-state index contributed by atoms with van der Waals surface area (Å²) in [5.74, 6) is 1.50. The van der Waals surface area contributed by atoms with E-state index in [1.807, 2.05) is 49.4 Å². The molecule has 0 fully saturated rings. The largest absolute Gasteiger partial charge is 0.497 e. The number of methoxy groups -OCH3 is 1. The molecule has 0 unspecified atom stereocenters. The molecule has 0 aliphatic heterocycles. The van der Waals surface area contributed by atoms with Crippen LogP contribution in [0.2, 0.25) is 5.02 Å². The summed E-state index contributed by atoms with van der Waals surface area (Å²) in [5.41, 5.74) is 1.78. The molecule has 0 N–H and O–H groups in total. The van der Waals surface area contributed by atoms with Gasteiger partial charge in [-0.05, 0) is 55.0 Å². The second kappa shape index (κ2) is 6.96. The number of halogens is 1. The van der Waals surface area contributed by atoms with Crippen LogP contribution < -0.4 is 9.47 Å². The van der Waals surface area contributed by atoms with Crippen LogP contribution in [0, 0.1) is 0 Å². The van der Waals surface area contributed by atoms with Gasteiger partial charge in [0.05, 0.1) is 24.4 Å². The lowest BCUT2D eigenvalue weighted by Crippen LogP contribution is -1.92. The van der Waals surface area contributed by atoms with Crippen LogP contribution in [0.25, 0.3) is 0 Å². The maximum Gasteiger partial charge on any atom is 0.137 e. The number of rotatable bonds is 5. The van der Waals surface area contributed by atoms with E-state index in [4.69, 9.17) is 21.1 Å². The van der Waals surface area contributed by atoms with E-state index in [-0.39, 0.29) is 0 Å². The Morgan fingerprint density at radius 1 is 1.15 bits per heavy atom. The molecule has 0 heterocycles. The highest BCUT2D eigenvalue weighted by Gasteiger charge is 2.01. The highest BCUT2D eigenvalue weighted by atomic mass is 35.5. The minimum absolute atomic E-state index is 0.588. The summed E-state index contributed by atoms with van der Waals surface area (Å²) in [4.78, 5) is 4.39. The molecular formula is C16H16ClNO2. The van der Waals surface area contributed by atoms with Crippen molar-refractivity contribution in [1.82, 2.24) is 0 Å². The molecule has 0 atom stereocenters. The Balaban J connectivity index is 2.12. The van der Waals surface area contributed by atoms with Crippen molar-refractivity contribution in [3.8, 4) is 11.5 Å². The number of hydrogen-bond donors (Lipinski definition) is 0. The summed E-state index contributed by atoms with van der Waals surface area (Å²) in [6.45, 7) is 2.52. The normalized spacial score (nSPS) is 10.8. The Kier molecular flexibility index (Phi) is 5.02. The van der Waals surface area contributed by atoms with Crippen LogP contribution in [-0.4, -0.2) is 19.9 Å². The van der Waals surface area contributed by atoms with Gasteiger partial charge in [-0.15, -0.1) is 0 Å². The van der Waals surface area contributed by atoms with Crippen molar-refractivity contribution in [1.29, 1.82) is 0 Å². The highest BCUT2D eigenvalue weighted by molar-refractivity contribution is 6.32. The number of aliphatic imine (C=N–C) groups is 1. The van der Waals surface area contributed by atoms with E-state index >= 15 is 0 Å². The lowest BCUT2D eigenvalue weighted by molar-refractivity contribution is 0.340. The smallest absolute Gasteiger partial charge is 0.137 e. The first kappa shape index (κ1) is 14.4. The van der Waals surface area contributed by atoms with Crippen molar-refractivity contribution < 1.29 is 9.47 Å². The van der Waals surface area contributed by atoms with Crippen molar-refractivity contribution in [3.63, 3.8) is 0 Å². The van der Waals surface area contributed by atoms with E-state index in [2.05, 4.69) is 4.99 Å². The molecule has 0 bridgehead atoms. The molecule has 4 heteroatoms. The molecule has 3 nitrogen and oxygen atoms in total. The average Bonchev–Trinajstić information content (AvgIpc) is 2.48. The Labute approximate surface area is 123 Å². The molecular weight excluding hydrogens is 274 g/mol. The fraction of sp³-hybridized carbons (Fsp3) is 0.188. The zero-order valence-electron chi connectivity index (χ0n) is 11.5. The van der Waals surface area contributed by atoms with Crippen LogP contribution in [0.4, 0.5) is 5.69 Å². The van der Waals surface area contributed by atoms with E-state index in [0.717, 1.165) is 17.0 Å². The first-order valence-corrected chi connectivity index (χ1v) is 6.71. The summed E-state index contributed by atoms with van der Waals surface area (Å²) < 4.78 is 10.5. The van der Waals surface area contributed by atoms with E-state index in [1.165, 1.54) is 0 Å². The second-order valence-corrected chi connectivity index (χ2v) is 4.49. The predicted octanol–water partition coefficient (Wildman–Crippen LogP) is 4.50. The van der Waals surface area contributed by atoms with E-state index in [1.54, 1.807) is 13.3 Å². The first-order valence-electron chi connectivity index (χ1n) is 6.33. The van der Waals surface area contributed by atoms with Crippen molar-refractivity contribution >= 4 is 23.5 Å². The van der Waals surface area contributed by atoms with Gasteiger partial charge in [-0.2, -0.15) is 0 Å². The van der Waals surface area contributed by atoms with Crippen molar-refractivity contribution in [2.24, 2.45) is 4.99 Å². The molecule has 104 valence electrons. The summed E-state index contributed by atoms with van der Waals surface area (Å²) in [7, 11) is 1.64. The third-order valence-corrected chi connectivity index (χ3v) is 2.99. The van der Waals surface area contributed by atoms with Gasteiger partial charge in [0.1, 0.15) is 11.5 Å². The zero-order valence-corrected chi connectivity index (χ0v) is 12.2. The summed E-state index contributed by atoms with van der Waals surface area (Å²) in [6.07, 6.45) is 1.77. The topological polar surface area (TPSA) is 30.8 Å². The molecule has 2 aromatic rings. The van der Waals surface area contributed by atoms with E-state index < -0.39 is 0 Å². The summed E-state index contributed by atoms with van der Waals surface area (Å²) >= 11 is 6.13. The molecule has 0 aromatic heterocycles. The molecule has 0 aliphatic rings. The Morgan fingerprint density at radius 2 is 1.90 bits per heavy atom. The van der Waals surface area contributed by atoms with Gasteiger partial charge >= 0.3 is 0 Å². The van der Waals surface area contributed by atoms with Crippen LogP contribution in [0.1, 0.15) is 12.5 Å². The van der Waals surface area contributed by atoms with Crippen LogP contribution in [0.15, 0.2) is 47.5 Å². The van der Waals surface area contributed by atoms with Crippen LogP contribution in [-0.2, 0) is 0 Å². The minimum atomic E-state index is 0.588. The fourth-order valence-electron chi connectivity index (χ4n) is 1.69. The quantitative estimate of drug-likeness (QED) is 0.759. The predicted molar refractivity (Wildman–Crippen MR) is 82.9 cm³/mol. The van der Waals surface area contributed by atoms with Crippen molar-refractivity contribution in [2.45, 2.75) is 6.92 Å². The first-order chi connectivity index (χ1) is 9.72. The molecule has 0 amide bonds. The molecule has 0 aliphatic carbocycles. The highest BCUT2D eigenvalue weighted by Crippen LogP contribution is 2.25. The standard InChI is InChI=1S/C16H16ClNO2/c1-3-20-16-9-4-12(10-15(16)17)11-18-13-5-7-14(19-2)8-6-13/h4-11H,3H2,1-2H3. The lowest BCUT2D eigenvalue weighted by Gasteiger charge is -2.05. The number of ether oxygens (including phenoxy) is 2. The number of hydrogen-bond acceptors (Lipinski definition) is 3. The number of benzene rings is 2. The van der Waals surface area contributed by atoms with Crippen LogP contribution in [0.3, 0.4) is 0 Å². The molecule has 2 aromatic carbocycles. The summed E-state index contributed by atoms with van der Waals surface area (Å²) in [6, 6.07) is 13.1. The average molecular weight is 290 g/mol. The molecule has 0 saturated heterocycles. The molecule has 0 spiro atoms. The van der Waals surface area contributed by atoms with Crippen LogP contribution >= 0.6 is 11.6 Å². The maximum atomic E-state index is 6.13. The van der Waals surface area contributed by atoms with Gasteiger partial charge in [-0.3, -0.25) is 4.99 Å². The summed E-state index contributed by atoms with van der Waals surface area (Å²) in [5, 5.41) is 0.588. The van der Waals surface area contributed by atoms with Gasteiger partial charge in [0, 0.05) is 6.21 Å². The SMILES string of the molecule is CCOc1ccc(C=Nc2ccc(OC)cc2)cc1Cl. The van der Waals surface area contributed by atoms with Gasteiger partial charge in [0.25, 0.3) is 0 Å². The van der Waals surface area contributed by atoms with Gasteiger partial charge in [-0.25, -0.2) is 0 Å². The van der Waals surface area contributed by atoms with Crippen molar-refractivity contribution in [3.05, 3.63) is 53.1 Å². The maximum absolute atomic E-state index is 6.13. The number of nitrogens with zero attached hydrogens (tertiary/aromatic N) is 1. The molecule has 0 saturated carbocycles. The van der Waals surface area contributed by atoms with Crippen LogP contribution in [0.5, 0.6) is 11.5 Å². The van der Waals surface area contributed by atoms with Gasteiger partial charge in [-0.1, -0.05) is 11.6 Å². The fourth-order valence-corrected chi connectivity index (χ4v) is 1.93. The molecule has 20 heavy (non-hydrogen) atoms.